The molecule has 8 heteroatoms. The summed E-state index contributed by atoms with van der Waals surface area (Å²) in [6.45, 7) is 1.79. The lowest BCUT2D eigenvalue weighted by Crippen LogP contribution is -2.58. The zero-order chi connectivity index (χ0) is 22.8. The van der Waals surface area contributed by atoms with Gasteiger partial charge in [-0.1, -0.05) is 31.4 Å². The molecule has 2 fully saturated rings. The Morgan fingerprint density at radius 3 is 2.59 bits per heavy atom. The minimum Gasteiger partial charge on any atom is -0.465 e. The zero-order valence-electron chi connectivity index (χ0n) is 18.0. The lowest BCUT2D eigenvalue weighted by molar-refractivity contribution is -0.132. The highest BCUT2D eigenvalue weighted by atomic mass is 16.5. The normalized spacial score (nSPS) is 18.8. The molecule has 2 heterocycles. The van der Waals surface area contributed by atoms with Crippen LogP contribution in [0.5, 0.6) is 0 Å². The Hall–Kier alpha value is -3.68. The van der Waals surface area contributed by atoms with Crippen LogP contribution in [0, 0.1) is 6.92 Å². The molecule has 1 N–H and O–H groups in total. The molecule has 1 aliphatic carbocycles. The van der Waals surface area contributed by atoms with Crippen LogP contribution >= 0.6 is 0 Å². The van der Waals surface area contributed by atoms with E-state index < -0.39 is 23.8 Å². The molecule has 32 heavy (non-hydrogen) atoms. The Morgan fingerprint density at radius 2 is 1.88 bits per heavy atom. The molecule has 1 saturated carbocycles. The van der Waals surface area contributed by atoms with Gasteiger partial charge in [0.25, 0.3) is 11.8 Å². The van der Waals surface area contributed by atoms with Crippen molar-refractivity contribution in [1.29, 1.82) is 0 Å². The molecular formula is C24H24N2O6. The molecule has 0 bridgehead atoms. The van der Waals surface area contributed by atoms with Gasteiger partial charge in [0.2, 0.25) is 0 Å². The molecule has 1 aliphatic heterocycles. The molecule has 8 nitrogen and oxygen atoms in total. The number of barbiturate groups is 1. The first kappa shape index (κ1) is 21.5. The second-order valence-corrected chi connectivity index (χ2v) is 7.96. The van der Waals surface area contributed by atoms with Crippen LogP contribution in [0.15, 0.2) is 40.3 Å². The molecule has 0 radical (unpaired) electrons. The van der Waals surface area contributed by atoms with Crippen LogP contribution in [0.1, 0.15) is 53.8 Å². The van der Waals surface area contributed by atoms with Crippen molar-refractivity contribution in [2.45, 2.75) is 45.1 Å². The Bertz CT molecular complexity index is 1120. The number of methoxy groups -OCH3 is 1. The van der Waals surface area contributed by atoms with Gasteiger partial charge in [-0.25, -0.2) is 9.59 Å². The van der Waals surface area contributed by atoms with E-state index in [-0.39, 0.29) is 11.6 Å². The van der Waals surface area contributed by atoms with Crippen LogP contribution in [0.3, 0.4) is 0 Å². The average Bonchev–Trinajstić information content (AvgIpc) is 3.25. The van der Waals surface area contributed by atoms with Gasteiger partial charge in [-0.15, -0.1) is 0 Å². The smallest absolute Gasteiger partial charge is 0.338 e. The van der Waals surface area contributed by atoms with Gasteiger partial charge in [0.1, 0.15) is 17.1 Å². The highest BCUT2D eigenvalue weighted by Crippen LogP contribution is 2.30. The average molecular weight is 436 g/mol. The third-order valence-corrected chi connectivity index (χ3v) is 5.99. The fourth-order valence-corrected chi connectivity index (χ4v) is 4.29. The number of furan rings is 1. The van der Waals surface area contributed by atoms with E-state index in [9.17, 15) is 19.2 Å². The van der Waals surface area contributed by atoms with Gasteiger partial charge in [-0.05, 0) is 49.6 Å². The van der Waals surface area contributed by atoms with Crippen LogP contribution in [-0.2, 0) is 14.3 Å². The van der Waals surface area contributed by atoms with Gasteiger partial charge in [0.15, 0.2) is 0 Å². The number of nitrogens with one attached hydrogen (secondary N) is 1. The number of imide groups is 2. The molecular weight excluding hydrogens is 412 g/mol. The third kappa shape index (κ3) is 3.95. The number of amides is 4. The van der Waals surface area contributed by atoms with E-state index >= 15 is 0 Å². The number of carbonyl (C=O) groups excluding carboxylic acids is 4. The van der Waals surface area contributed by atoms with Crippen LogP contribution in [0.25, 0.3) is 17.4 Å². The highest BCUT2D eigenvalue weighted by Gasteiger charge is 2.40. The first-order chi connectivity index (χ1) is 15.4. The standard InChI is InChI=1S/C24H24N2O6/c1-14-17(9-6-10-18(14)23(29)31-2)20-12-11-16(32-20)13-19-21(27)25-24(30)26(22(19)28)15-7-4-3-5-8-15/h6,9-13,15H,3-5,7-8H2,1-2H3,(H,25,27,30). The summed E-state index contributed by atoms with van der Waals surface area (Å²) in [5.41, 5.74) is 1.66. The molecule has 2 aromatic rings. The summed E-state index contributed by atoms with van der Waals surface area (Å²) in [7, 11) is 1.32. The lowest BCUT2D eigenvalue weighted by atomic mass is 9.93. The number of urea groups is 1. The second kappa shape index (κ2) is 8.82. The van der Waals surface area contributed by atoms with E-state index in [2.05, 4.69) is 5.32 Å². The minimum absolute atomic E-state index is 0.142. The minimum atomic E-state index is -0.742. The monoisotopic (exact) mass is 436 g/mol. The molecule has 166 valence electrons. The summed E-state index contributed by atoms with van der Waals surface area (Å²) in [6.07, 6.45) is 5.79. The molecule has 4 rings (SSSR count). The number of rotatable bonds is 4. The summed E-state index contributed by atoms with van der Waals surface area (Å²) in [5, 5.41) is 2.27. The molecule has 1 saturated heterocycles. The van der Waals surface area contributed by atoms with Gasteiger partial charge in [0, 0.05) is 11.6 Å². The second-order valence-electron chi connectivity index (χ2n) is 7.96. The number of benzene rings is 1. The van der Waals surface area contributed by atoms with Crippen molar-refractivity contribution in [3.8, 4) is 11.3 Å². The van der Waals surface area contributed by atoms with E-state index in [4.69, 9.17) is 9.15 Å². The summed E-state index contributed by atoms with van der Waals surface area (Å²) >= 11 is 0. The van der Waals surface area contributed by atoms with Crippen molar-refractivity contribution in [3.05, 3.63) is 52.8 Å². The Labute approximate surface area is 185 Å². The number of hydrogen-bond donors (Lipinski definition) is 1. The van der Waals surface area contributed by atoms with Crippen molar-refractivity contribution < 1.29 is 28.3 Å². The van der Waals surface area contributed by atoms with Crippen molar-refractivity contribution in [2.24, 2.45) is 0 Å². The summed E-state index contributed by atoms with van der Waals surface area (Å²) in [4.78, 5) is 50.9. The fourth-order valence-electron chi connectivity index (χ4n) is 4.29. The maximum absolute atomic E-state index is 13.0. The maximum atomic E-state index is 13.0. The van der Waals surface area contributed by atoms with Crippen molar-refractivity contribution in [1.82, 2.24) is 10.2 Å². The van der Waals surface area contributed by atoms with Gasteiger partial charge in [0.05, 0.1) is 12.7 Å². The molecule has 4 amide bonds. The summed E-state index contributed by atoms with van der Waals surface area (Å²) < 4.78 is 10.7. The Morgan fingerprint density at radius 1 is 1.12 bits per heavy atom. The summed E-state index contributed by atoms with van der Waals surface area (Å²) in [6, 6.07) is 7.65. The van der Waals surface area contributed by atoms with Crippen LogP contribution in [0.2, 0.25) is 0 Å². The predicted molar refractivity (Wildman–Crippen MR) is 115 cm³/mol. The summed E-state index contributed by atoms with van der Waals surface area (Å²) in [5.74, 6) is -1.03. The van der Waals surface area contributed by atoms with Crippen molar-refractivity contribution in [3.63, 3.8) is 0 Å². The Balaban J connectivity index is 1.64. The van der Waals surface area contributed by atoms with Crippen molar-refractivity contribution >= 4 is 29.9 Å². The molecule has 0 spiro atoms. The number of ether oxygens (including phenoxy) is 1. The molecule has 0 atom stereocenters. The van der Waals surface area contributed by atoms with Gasteiger partial charge in [-0.2, -0.15) is 0 Å². The molecule has 1 aromatic heterocycles. The highest BCUT2D eigenvalue weighted by molar-refractivity contribution is 6.31. The third-order valence-electron chi connectivity index (χ3n) is 5.99. The topological polar surface area (TPSA) is 106 Å². The van der Waals surface area contributed by atoms with Gasteiger partial charge in [-0.3, -0.25) is 19.8 Å². The molecule has 1 aromatic carbocycles. The van der Waals surface area contributed by atoms with Crippen LogP contribution in [-0.4, -0.2) is 41.9 Å². The number of carbonyl (C=O) groups is 4. The lowest BCUT2D eigenvalue weighted by Gasteiger charge is -2.35. The predicted octanol–water partition coefficient (Wildman–Crippen LogP) is 3.84. The quantitative estimate of drug-likeness (QED) is 0.444. The van der Waals surface area contributed by atoms with E-state index in [0.717, 1.165) is 32.1 Å². The molecule has 2 aliphatic rings. The van der Waals surface area contributed by atoms with Crippen molar-refractivity contribution in [2.75, 3.05) is 7.11 Å². The van der Waals surface area contributed by atoms with E-state index in [1.807, 2.05) is 0 Å². The first-order valence-corrected chi connectivity index (χ1v) is 10.6. The van der Waals surface area contributed by atoms with E-state index in [0.29, 0.717) is 28.2 Å². The zero-order valence-corrected chi connectivity index (χ0v) is 18.0. The van der Waals surface area contributed by atoms with E-state index in [1.54, 1.807) is 37.3 Å². The molecule has 0 unspecified atom stereocenters. The SMILES string of the molecule is COC(=O)c1cccc(-c2ccc(C=C3C(=O)NC(=O)N(C4CCCCC4)C3=O)o2)c1C. The van der Waals surface area contributed by atoms with Gasteiger partial charge >= 0.3 is 12.0 Å². The first-order valence-electron chi connectivity index (χ1n) is 10.6. The fraction of sp³-hybridized carbons (Fsp3) is 0.333. The van der Waals surface area contributed by atoms with Crippen LogP contribution in [0.4, 0.5) is 4.79 Å². The Kier molecular flexibility index (Phi) is 5.94. The number of nitrogens with zero attached hydrogens (tertiary/aromatic N) is 1. The number of esters is 1. The van der Waals surface area contributed by atoms with Crippen LogP contribution < -0.4 is 5.32 Å². The number of hydrogen-bond acceptors (Lipinski definition) is 6. The largest absolute Gasteiger partial charge is 0.465 e. The maximum Gasteiger partial charge on any atom is 0.338 e. The van der Waals surface area contributed by atoms with Gasteiger partial charge < -0.3 is 9.15 Å². The van der Waals surface area contributed by atoms with E-state index in [1.165, 1.54) is 18.1 Å².